The summed E-state index contributed by atoms with van der Waals surface area (Å²) >= 11 is 0. The lowest BCUT2D eigenvalue weighted by atomic mass is 9.99. The van der Waals surface area contributed by atoms with Crippen molar-refractivity contribution in [2.45, 2.75) is 20.8 Å². The first-order valence-corrected chi connectivity index (χ1v) is 5.22. The molecule has 1 aromatic carbocycles. The Bertz CT molecular complexity index is 364. The molecule has 0 aromatic heterocycles. The Morgan fingerprint density at radius 1 is 1.25 bits per heavy atom. The number of ether oxygens (including phenoxy) is 2. The van der Waals surface area contributed by atoms with Gasteiger partial charge in [-0.2, -0.15) is 0 Å². The van der Waals surface area contributed by atoms with Gasteiger partial charge in [-0.05, 0) is 23.6 Å². The maximum atomic E-state index is 10.7. The highest BCUT2D eigenvalue weighted by molar-refractivity contribution is 5.76. The molecule has 0 saturated heterocycles. The average molecular weight is 222 g/mol. The van der Waals surface area contributed by atoms with Gasteiger partial charge >= 0.3 is 0 Å². The van der Waals surface area contributed by atoms with E-state index in [-0.39, 0.29) is 5.41 Å². The third kappa shape index (κ3) is 3.57. The second-order valence-corrected chi connectivity index (χ2v) is 4.88. The summed E-state index contributed by atoms with van der Waals surface area (Å²) in [5.74, 6) is 1.26. The number of carbonyl (C=O) groups is 1. The van der Waals surface area contributed by atoms with Crippen LogP contribution in [-0.4, -0.2) is 20.0 Å². The Morgan fingerprint density at radius 3 is 2.44 bits per heavy atom. The van der Waals surface area contributed by atoms with Crippen molar-refractivity contribution in [2.75, 3.05) is 13.7 Å². The van der Waals surface area contributed by atoms with Crippen LogP contribution in [0.2, 0.25) is 0 Å². The van der Waals surface area contributed by atoms with E-state index in [1.165, 1.54) is 0 Å². The Hall–Kier alpha value is -1.51. The monoisotopic (exact) mass is 222 g/mol. The van der Waals surface area contributed by atoms with Crippen molar-refractivity contribution in [3.8, 4) is 11.5 Å². The number of benzene rings is 1. The number of hydrogen-bond acceptors (Lipinski definition) is 3. The molecule has 0 saturated carbocycles. The molecule has 0 heterocycles. The predicted octanol–water partition coefficient (Wildman–Crippen LogP) is 2.93. The number of methoxy groups -OCH3 is 1. The molecule has 0 aliphatic rings. The summed E-state index contributed by atoms with van der Waals surface area (Å²) < 4.78 is 10.8. The van der Waals surface area contributed by atoms with Gasteiger partial charge in [-0.1, -0.05) is 20.8 Å². The van der Waals surface area contributed by atoms with Gasteiger partial charge in [0, 0.05) is 5.56 Å². The Morgan fingerprint density at radius 2 is 1.94 bits per heavy atom. The van der Waals surface area contributed by atoms with Crippen molar-refractivity contribution in [2.24, 2.45) is 5.41 Å². The standard InChI is InChI=1S/C13H18O3/c1-13(2,3)9-16-12-7-10(8-14)5-6-11(12)15-4/h5-8H,9H2,1-4H3. The van der Waals surface area contributed by atoms with Crippen LogP contribution in [0.1, 0.15) is 31.1 Å². The van der Waals surface area contributed by atoms with E-state index in [4.69, 9.17) is 9.47 Å². The molecular weight excluding hydrogens is 204 g/mol. The van der Waals surface area contributed by atoms with Gasteiger partial charge in [0.05, 0.1) is 13.7 Å². The van der Waals surface area contributed by atoms with Crippen LogP contribution in [0, 0.1) is 5.41 Å². The summed E-state index contributed by atoms with van der Waals surface area (Å²) in [5.41, 5.74) is 0.659. The summed E-state index contributed by atoms with van der Waals surface area (Å²) in [6, 6.07) is 5.13. The third-order valence-electron chi connectivity index (χ3n) is 1.98. The molecule has 0 unspecified atom stereocenters. The first-order valence-electron chi connectivity index (χ1n) is 5.22. The normalized spacial score (nSPS) is 11.0. The molecule has 0 radical (unpaired) electrons. The summed E-state index contributed by atoms with van der Waals surface area (Å²) in [6.07, 6.45) is 0.795. The Balaban J connectivity index is 2.87. The van der Waals surface area contributed by atoms with Gasteiger partial charge in [0.25, 0.3) is 0 Å². The average Bonchev–Trinajstić information content (AvgIpc) is 2.25. The van der Waals surface area contributed by atoms with Gasteiger partial charge in [-0.15, -0.1) is 0 Å². The largest absolute Gasteiger partial charge is 0.493 e. The highest BCUT2D eigenvalue weighted by Gasteiger charge is 2.13. The molecule has 0 aliphatic heterocycles. The van der Waals surface area contributed by atoms with E-state index in [9.17, 15) is 4.79 Å². The molecule has 3 heteroatoms. The van der Waals surface area contributed by atoms with Gasteiger partial charge in [0.2, 0.25) is 0 Å². The topological polar surface area (TPSA) is 35.5 Å². The van der Waals surface area contributed by atoms with Crippen LogP contribution in [0.15, 0.2) is 18.2 Å². The molecule has 0 spiro atoms. The van der Waals surface area contributed by atoms with E-state index in [2.05, 4.69) is 20.8 Å². The van der Waals surface area contributed by atoms with Crippen LogP contribution in [0.3, 0.4) is 0 Å². The van der Waals surface area contributed by atoms with Gasteiger partial charge in [0.1, 0.15) is 6.29 Å². The van der Waals surface area contributed by atoms with E-state index in [0.717, 1.165) is 6.29 Å². The Kier molecular flexibility index (Phi) is 3.93. The maximum absolute atomic E-state index is 10.7. The van der Waals surface area contributed by atoms with Gasteiger partial charge < -0.3 is 9.47 Å². The van der Waals surface area contributed by atoms with Gasteiger partial charge in [0.15, 0.2) is 11.5 Å². The molecule has 16 heavy (non-hydrogen) atoms. The molecule has 0 amide bonds. The molecule has 0 N–H and O–H groups in total. The minimum Gasteiger partial charge on any atom is -0.493 e. The van der Waals surface area contributed by atoms with Crippen LogP contribution in [0.4, 0.5) is 0 Å². The summed E-state index contributed by atoms with van der Waals surface area (Å²) in [7, 11) is 1.58. The minimum atomic E-state index is 0.0716. The third-order valence-corrected chi connectivity index (χ3v) is 1.98. The SMILES string of the molecule is COc1ccc(C=O)cc1OCC(C)(C)C. The number of carbonyl (C=O) groups excluding carboxylic acids is 1. The van der Waals surface area contributed by atoms with E-state index in [1.54, 1.807) is 25.3 Å². The zero-order valence-electron chi connectivity index (χ0n) is 10.2. The fourth-order valence-corrected chi connectivity index (χ4v) is 1.17. The molecule has 0 fully saturated rings. The van der Waals surface area contributed by atoms with Gasteiger partial charge in [-0.3, -0.25) is 4.79 Å². The first-order chi connectivity index (χ1) is 7.46. The molecule has 0 atom stereocenters. The highest BCUT2D eigenvalue weighted by atomic mass is 16.5. The molecule has 3 nitrogen and oxygen atoms in total. The second kappa shape index (κ2) is 5.01. The summed E-state index contributed by atoms with van der Waals surface area (Å²) in [4.78, 5) is 10.7. The van der Waals surface area contributed by atoms with Crippen LogP contribution < -0.4 is 9.47 Å². The molecular formula is C13H18O3. The fourth-order valence-electron chi connectivity index (χ4n) is 1.17. The fraction of sp³-hybridized carbons (Fsp3) is 0.462. The number of aldehydes is 1. The minimum absolute atomic E-state index is 0.0716. The number of hydrogen-bond donors (Lipinski definition) is 0. The number of rotatable bonds is 4. The van der Waals surface area contributed by atoms with E-state index >= 15 is 0 Å². The van der Waals surface area contributed by atoms with E-state index in [1.807, 2.05) is 0 Å². The van der Waals surface area contributed by atoms with Crippen molar-refractivity contribution < 1.29 is 14.3 Å². The second-order valence-electron chi connectivity index (χ2n) is 4.88. The van der Waals surface area contributed by atoms with Crippen LogP contribution in [0.5, 0.6) is 11.5 Å². The zero-order chi connectivity index (χ0) is 12.2. The molecule has 1 aromatic rings. The summed E-state index contributed by atoms with van der Waals surface area (Å²) in [6.45, 7) is 6.83. The van der Waals surface area contributed by atoms with Crippen molar-refractivity contribution in [3.63, 3.8) is 0 Å². The maximum Gasteiger partial charge on any atom is 0.161 e. The van der Waals surface area contributed by atoms with Crippen LogP contribution >= 0.6 is 0 Å². The van der Waals surface area contributed by atoms with Crippen molar-refractivity contribution in [1.82, 2.24) is 0 Å². The predicted molar refractivity (Wildman–Crippen MR) is 63.3 cm³/mol. The van der Waals surface area contributed by atoms with E-state index < -0.39 is 0 Å². The Labute approximate surface area is 96.4 Å². The molecule has 1 rings (SSSR count). The van der Waals surface area contributed by atoms with Crippen molar-refractivity contribution in [3.05, 3.63) is 23.8 Å². The lowest BCUT2D eigenvalue weighted by molar-refractivity contribution is 0.112. The van der Waals surface area contributed by atoms with Crippen molar-refractivity contribution in [1.29, 1.82) is 0 Å². The summed E-state index contributed by atoms with van der Waals surface area (Å²) in [5, 5.41) is 0. The highest BCUT2D eigenvalue weighted by Crippen LogP contribution is 2.29. The molecule has 0 bridgehead atoms. The van der Waals surface area contributed by atoms with Crippen molar-refractivity contribution >= 4 is 6.29 Å². The zero-order valence-corrected chi connectivity index (χ0v) is 10.2. The quantitative estimate of drug-likeness (QED) is 0.735. The molecule has 0 aliphatic carbocycles. The van der Waals surface area contributed by atoms with Gasteiger partial charge in [-0.25, -0.2) is 0 Å². The van der Waals surface area contributed by atoms with Crippen LogP contribution in [-0.2, 0) is 0 Å². The first kappa shape index (κ1) is 12.6. The van der Waals surface area contributed by atoms with Crippen LogP contribution in [0.25, 0.3) is 0 Å². The smallest absolute Gasteiger partial charge is 0.161 e. The lowest BCUT2D eigenvalue weighted by Crippen LogP contribution is -2.17. The molecule has 88 valence electrons. The van der Waals surface area contributed by atoms with E-state index in [0.29, 0.717) is 23.7 Å². The lowest BCUT2D eigenvalue weighted by Gasteiger charge is -2.20.